The standard InChI is InChI=1S/C20H20Cl2N4O3/c1-13-19(24-25-26(13)12-14-5-6-17(21)18(22)9-14)11-20(28)23-15-3-2-4-16(10-15)29-8-7-27/h2-6,9-10,27H,7-8,11-12H2,1H3,(H,23,28). The molecule has 1 heterocycles. The molecule has 0 atom stereocenters. The molecule has 0 radical (unpaired) electrons. The fraction of sp³-hybridized carbons (Fsp3) is 0.250. The highest BCUT2D eigenvalue weighted by atomic mass is 35.5. The normalized spacial score (nSPS) is 10.8. The number of carbonyl (C=O) groups is 1. The number of halogens is 2. The number of anilines is 1. The molecule has 2 N–H and O–H groups in total. The quantitative estimate of drug-likeness (QED) is 0.566. The minimum atomic E-state index is -0.214. The van der Waals surface area contributed by atoms with Crippen molar-refractivity contribution in [2.45, 2.75) is 19.9 Å². The van der Waals surface area contributed by atoms with Gasteiger partial charge in [0.05, 0.1) is 41.0 Å². The molecular weight excluding hydrogens is 415 g/mol. The van der Waals surface area contributed by atoms with Gasteiger partial charge in [0, 0.05) is 11.8 Å². The van der Waals surface area contributed by atoms with E-state index >= 15 is 0 Å². The van der Waals surface area contributed by atoms with Gasteiger partial charge in [-0.3, -0.25) is 4.79 Å². The molecule has 0 saturated heterocycles. The van der Waals surface area contributed by atoms with E-state index < -0.39 is 0 Å². The summed E-state index contributed by atoms with van der Waals surface area (Å²) in [5.74, 6) is 0.356. The van der Waals surface area contributed by atoms with E-state index in [4.69, 9.17) is 33.0 Å². The molecule has 9 heteroatoms. The van der Waals surface area contributed by atoms with Gasteiger partial charge in [0.15, 0.2) is 0 Å². The van der Waals surface area contributed by atoms with Crippen LogP contribution in [0.2, 0.25) is 10.0 Å². The number of rotatable bonds is 8. The highest BCUT2D eigenvalue weighted by Crippen LogP contribution is 2.23. The zero-order chi connectivity index (χ0) is 20.8. The summed E-state index contributed by atoms with van der Waals surface area (Å²) >= 11 is 12.0. The Balaban J connectivity index is 1.63. The van der Waals surface area contributed by atoms with Crippen molar-refractivity contribution in [3.63, 3.8) is 0 Å². The summed E-state index contributed by atoms with van der Waals surface area (Å²) in [6.45, 7) is 2.46. The Morgan fingerprint density at radius 3 is 2.79 bits per heavy atom. The van der Waals surface area contributed by atoms with E-state index in [0.717, 1.165) is 11.3 Å². The molecule has 0 aliphatic rings. The predicted molar refractivity (Wildman–Crippen MR) is 112 cm³/mol. The van der Waals surface area contributed by atoms with Crippen LogP contribution in [0.1, 0.15) is 17.0 Å². The lowest BCUT2D eigenvalue weighted by Crippen LogP contribution is -2.15. The second-order valence-electron chi connectivity index (χ2n) is 6.35. The summed E-state index contributed by atoms with van der Waals surface area (Å²) in [6, 6.07) is 12.4. The number of aromatic nitrogens is 3. The number of ether oxygens (including phenoxy) is 1. The van der Waals surface area contributed by atoms with Crippen LogP contribution in [0.3, 0.4) is 0 Å². The Morgan fingerprint density at radius 1 is 1.21 bits per heavy atom. The Labute approximate surface area is 178 Å². The van der Waals surface area contributed by atoms with E-state index in [2.05, 4.69) is 15.6 Å². The van der Waals surface area contributed by atoms with Gasteiger partial charge < -0.3 is 15.2 Å². The van der Waals surface area contributed by atoms with E-state index in [1.54, 1.807) is 41.1 Å². The van der Waals surface area contributed by atoms with Crippen LogP contribution in [-0.4, -0.2) is 39.2 Å². The molecule has 0 saturated carbocycles. The van der Waals surface area contributed by atoms with Crippen LogP contribution < -0.4 is 10.1 Å². The average molecular weight is 435 g/mol. The maximum atomic E-state index is 12.4. The molecule has 1 amide bonds. The molecule has 1 aromatic heterocycles. The lowest BCUT2D eigenvalue weighted by atomic mass is 10.2. The number of nitrogens with one attached hydrogen (secondary N) is 1. The van der Waals surface area contributed by atoms with Gasteiger partial charge in [-0.05, 0) is 36.8 Å². The van der Waals surface area contributed by atoms with Gasteiger partial charge in [0.1, 0.15) is 12.4 Å². The fourth-order valence-electron chi connectivity index (χ4n) is 2.71. The van der Waals surface area contributed by atoms with Gasteiger partial charge in [-0.25, -0.2) is 4.68 Å². The van der Waals surface area contributed by atoms with Gasteiger partial charge in [0.25, 0.3) is 0 Å². The minimum absolute atomic E-state index is 0.0756. The second-order valence-corrected chi connectivity index (χ2v) is 7.17. The number of benzene rings is 2. The molecular formula is C20H20Cl2N4O3. The van der Waals surface area contributed by atoms with Crippen molar-refractivity contribution in [2.75, 3.05) is 18.5 Å². The van der Waals surface area contributed by atoms with Gasteiger partial charge in [-0.15, -0.1) is 5.10 Å². The number of nitrogens with zero attached hydrogens (tertiary/aromatic N) is 3. The van der Waals surface area contributed by atoms with E-state index in [1.165, 1.54) is 0 Å². The number of aliphatic hydroxyl groups excluding tert-OH is 1. The zero-order valence-electron chi connectivity index (χ0n) is 15.7. The van der Waals surface area contributed by atoms with Crippen molar-refractivity contribution in [1.82, 2.24) is 15.0 Å². The Morgan fingerprint density at radius 2 is 2.03 bits per heavy atom. The summed E-state index contributed by atoms with van der Waals surface area (Å²) in [7, 11) is 0. The molecule has 0 spiro atoms. The zero-order valence-corrected chi connectivity index (χ0v) is 17.2. The smallest absolute Gasteiger partial charge is 0.230 e. The summed E-state index contributed by atoms with van der Waals surface area (Å²) < 4.78 is 7.06. The SMILES string of the molecule is Cc1c(CC(=O)Nc2cccc(OCCO)c2)nnn1Cc1ccc(Cl)c(Cl)c1. The maximum absolute atomic E-state index is 12.4. The first-order valence-corrected chi connectivity index (χ1v) is 9.68. The largest absolute Gasteiger partial charge is 0.491 e. The van der Waals surface area contributed by atoms with E-state index in [9.17, 15) is 4.79 Å². The number of hydrogen-bond donors (Lipinski definition) is 2. The molecule has 2 aromatic carbocycles. The molecule has 0 fully saturated rings. The second kappa shape index (κ2) is 9.73. The molecule has 0 unspecified atom stereocenters. The Hall–Kier alpha value is -2.61. The van der Waals surface area contributed by atoms with Crippen molar-refractivity contribution in [3.8, 4) is 5.75 Å². The van der Waals surface area contributed by atoms with Crippen LogP contribution in [0.25, 0.3) is 0 Å². The fourth-order valence-corrected chi connectivity index (χ4v) is 3.03. The van der Waals surface area contributed by atoms with Crippen molar-refractivity contribution in [1.29, 1.82) is 0 Å². The van der Waals surface area contributed by atoms with Gasteiger partial charge in [-0.1, -0.05) is 40.5 Å². The summed E-state index contributed by atoms with van der Waals surface area (Å²) in [5, 5.41) is 20.9. The maximum Gasteiger partial charge on any atom is 0.230 e. The summed E-state index contributed by atoms with van der Waals surface area (Å²) in [4.78, 5) is 12.4. The summed E-state index contributed by atoms with van der Waals surface area (Å²) in [5.41, 5.74) is 2.93. The first-order chi connectivity index (χ1) is 14.0. The number of aliphatic hydroxyl groups is 1. The van der Waals surface area contributed by atoms with Crippen LogP contribution >= 0.6 is 23.2 Å². The monoisotopic (exact) mass is 434 g/mol. The first-order valence-electron chi connectivity index (χ1n) is 8.92. The highest BCUT2D eigenvalue weighted by molar-refractivity contribution is 6.42. The third kappa shape index (κ3) is 5.69. The average Bonchev–Trinajstić information content (AvgIpc) is 3.03. The lowest BCUT2D eigenvalue weighted by molar-refractivity contribution is -0.115. The van der Waals surface area contributed by atoms with Crippen LogP contribution in [0.5, 0.6) is 5.75 Å². The van der Waals surface area contributed by atoms with E-state index in [-0.39, 0.29) is 25.5 Å². The van der Waals surface area contributed by atoms with Crippen molar-refractivity contribution in [2.24, 2.45) is 0 Å². The third-order valence-corrected chi connectivity index (χ3v) is 4.94. The van der Waals surface area contributed by atoms with Gasteiger partial charge in [-0.2, -0.15) is 0 Å². The molecule has 0 bridgehead atoms. The topological polar surface area (TPSA) is 89.3 Å². The number of carbonyl (C=O) groups excluding carboxylic acids is 1. The predicted octanol–water partition coefficient (Wildman–Crippen LogP) is 3.49. The number of amides is 1. The molecule has 152 valence electrons. The molecule has 3 rings (SSSR count). The Kier molecular flexibility index (Phi) is 7.09. The van der Waals surface area contributed by atoms with E-state index in [0.29, 0.717) is 33.7 Å². The van der Waals surface area contributed by atoms with Crippen molar-refractivity contribution in [3.05, 3.63) is 69.5 Å². The Bertz CT molecular complexity index is 1010. The molecule has 3 aromatic rings. The van der Waals surface area contributed by atoms with Crippen molar-refractivity contribution < 1.29 is 14.6 Å². The molecule has 29 heavy (non-hydrogen) atoms. The van der Waals surface area contributed by atoms with E-state index in [1.807, 2.05) is 13.0 Å². The third-order valence-electron chi connectivity index (χ3n) is 4.20. The first kappa shape index (κ1) is 21.1. The lowest BCUT2D eigenvalue weighted by Gasteiger charge is -2.08. The molecule has 0 aliphatic heterocycles. The molecule has 7 nitrogen and oxygen atoms in total. The van der Waals surface area contributed by atoms with Crippen LogP contribution in [0, 0.1) is 6.92 Å². The van der Waals surface area contributed by atoms with Crippen LogP contribution in [-0.2, 0) is 17.8 Å². The van der Waals surface area contributed by atoms with Crippen molar-refractivity contribution >= 4 is 34.8 Å². The van der Waals surface area contributed by atoms with Gasteiger partial charge >= 0.3 is 0 Å². The van der Waals surface area contributed by atoms with Gasteiger partial charge in [0.2, 0.25) is 5.91 Å². The minimum Gasteiger partial charge on any atom is -0.491 e. The number of hydrogen-bond acceptors (Lipinski definition) is 5. The van der Waals surface area contributed by atoms with Crippen LogP contribution in [0.4, 0.5) is 5.69 Å². The summed E-state index contributed by atoms with van der Waals surface area (Å²) in [6.07, 6.45) is 0.0922. The highest BCUT2D eigenvalue weighted by Gasteiger charge is 2.14. The van der Waals surface area contributed by atoms with Crippen LogP contribution in [0.15, 0.2) is 42.5 Å². The molecule has 0 aliphatic carbocycles.